The average Bonchev–Trinajstić information content (AvgIpc) is 3.32. The summed E-state index contributed by atoms with van der Waals surface area (Å²) in [6.07, 6.45) is 1.54. The van der Waals surface area contributed by atoms with Crippen molar-refractivity contribution in [1.82, 2.24) is 20.1 Å². The molecule has 0 aliphatic carbocycles. The molecule has 1 aliphatic rings. The summed E-state index contributed by atoms with van der Waals surface area (Å²) >= 11 is 1.57. The maximum Gasteiger partial charge on any atom is 0.223 e. The molecule has 8 heteroatoms. The van der Waals surface area contributed by atoms with Gasteiger partial charge in [0.15, 0.2) is 0 Å². The van der Waals surface area contributed by atoms with Crippen molar-refractivity contribution in [3.8, 4) is 5.13 Å². The van der Waals surface area contributed by atoms with E-state index in [2.05, 4.69) is 51.0 Å². The lowest BCUT2D eigenvalue weighted by atomic mass is 9.96. The van der Waals surface area contributed by atoms with E-state index in [0.29, 0.717) is 6.54 Å². The minimum absolute atomic E-state index is 0.0267. The third-order valence-corrected chi connectivity index (χ3v) is 6.33. The number of piperidine rings is 1. The number of amides is 1. The predicted octanol–water partition coefficient (Wildman–Crippen LogP) is 3.62. The standard InChI is InChI=1S/C21H24FN5OS/c1-14-6-7-15(2)27(14)21-25-24-20(29-21)26-10-8-17(9-11-26)19(28)23-13-16-4-3-5-18(22)12-16/h3-7,12,17H,8-11,13H2,1-2H3,(H,23,28). The molecule has 3 heterocycles. The lowest BCUT2D eigenvalue weighted by Crippen LogP contribution is -2.40. The fourth-order valence-corrected chi connectivity index (χ4v) is 4.73. The number of anilines is 1. The molecule has 1 saturated heterocycles. The van der Waals surface area contributed by atoms with Gasteiger partial charge in [0.1, 0.15) is 5.82 Å². The Kier molecular flexibility index (Phi) is 5.62. The van der Waals surface area contributed by atoms with Gasteiger partial charge in [-0.3, -0.25) is 9.36 Å². The van der Waals surface area contributed by atoms with Crippen LogP contribution < -0.4 is 10.2 Å². The van der Waals surface area contributed by atoms with E-state index in [1.165, 1.54) is 12.1 Å². The van der Waals surface area contributed by atoms with E-state index in [-0.39, 0.29) is 17.6 Å². The summed E-state index contributed by atoms with van der Waals surface area (Å²) in [5, 5.41) is 13.4. The Labute approximate surface area is 173 Å². The number of nitrogens with zero attached hydrogens (tertiary/aromatic N) is 4. The number of hydrogen-bond acceptors (Lipinski definition) is 5. The van der Waals surface area contributed by atoms with Crippen LogP contribution >= 0.6 is 11.3 Å². The zero-order valence-electron chi connectivity index (χ0n) is 16.6. The summed E-state index contributed by atoms with van der Waals surface area (Å²) in [6.45, 7) is 6.02. The first-order valence-electron chi connectivity index (χ1n) is 9.77. The van der Waals surface area contributed by atoms with Crippen molar-refractivity contribution < 1.29 is 9.18 Å². The monoisotopic (exact) mass is 413 g/mol. The van der Waals surface area contributed by atoms with Crippen LogP contribution in [0.15, 0.2) is 36.4 Å². The van der Waals surface area contributed by atoms with Crippen LogP contribution in [0, 0.1) is 25.6 Å². The van der Waals surface area contributed by atoms with Crippen molar-refractivity contribution in [2.45, 2.75) is 33.2 Å². The summed E-state index contributed by atoms with van der Waals surface area (Å²) < 4.78 is 15.4. The van der Waals surface area contributed by atoms with E-state index in [1.54, 1.807) is 17.4 Å². The Balaban J connectivity index is 1.32. The SMILES string of the molecule is Cc1ccc(C)n1-c1nnc(N2CCC(C(=O)NCc3cccc(F)c3)CC2)s1. The van der Waals surface area contributed by atoms with Gasteiger partial charge in [0, 0.05) is 36.9 Å². The first-order chi connectivity index (χ1) is 14.0. The molecule has 1 N–H and O–H groups in total. The molecular formula is C21H24FN5OS. The summed E-state index contributed by atoms with van der Waals surface area (Å²) in [4.78, 5) is 14.7. The number of nitrogens with one attached hydrogen (secondary N) is 1. The molecular weight excluding hydrogens is 389 g/mol. The van der Waals surface area contributed by atoms with Gasteiger partial charge in [0.25, 0.3) is 0 Å². The van der Waals surface area contributed by atoms with Crippen molar-refractivity contribution in [3.05, 3.63) is 59.2 Å². The average molecular weight is 414 g/mol. The second kappa shape index (κ2) is 8.32. The fraction of sp³-hybridized carbons (Fsp3) is 0.381. The number of benzene rings is 1. The Morgan fingerprint density at radius 2 is 1.83 bits per heavy atom. The highest BCUT2D eigenvalue weighted by Gasteiger charge is 2.26. The van der Waals surface area contributed by atoms with Crippen molar-refractivity contribution in [3.63, 3.8) is 0 Å². The van der Waals surface area contributed by atoms with Crippen LogP contribution in [0.25, 0.3) is 5.13 Å². The molecule has 3 aromatic rings. The van der Waals surface area contributed by atoms with E-state index >= 15 is 0 Å². The number of aromatic nitrogens is 3. The highest BCUT2D eigenvalue weighted by Crippen LogP contribution is 2.29. The number of carbonyl (C=O) groups is 1. The summed E-state index contributed by atoms with van der Waals surface area (Å²) in [5.74, 6) is -0.279. The largest absolute Gasteiger partial charge is 0.352 e. The third-order valence-electron chi connectivity index (χ3n) is 5.36. The molecule has 152 valence electrons. The van der Waals surface area contributed by atoms with Crippen LogP contribution in [0.5, 0.6) is 0 Å². The number of aryl methyl sites for hydroxylation is 2. The van der Waals surface area contributed by atoms with Gasteiger partial charge in [-0.05, 0) is 56.5 Å². The van der Waals surface area contributed by atoms with E-state index in [4.69, 9.17) is 0 Å². The van der Waals surface area contributed by atoms with Crippen molar-refractivity contribution >= 4 is 22.4 Å². The predicted molar refractivity (Wildman–Crippen MR) is 112 cm³/mol. The maximum atomic E-state index is 13.3. The first kappa shape index (κ1) is 19.6. The van der Waals surface area contributed by atoms with Crippen molar-refractivity contribution in [2.75, 3.05) is 18.0 Å². The zero-order chi connectivity index (χ0) is 20.4. The molecule has 0 bridgehead atoms. The summed E-state index contributed by atoms with van der Waals surface area (Å²) in [5.41, 5.74) is 3.05. The second-order valence-electron chi connectivity index (χ2n) is 7.43. The lowest BCUT2D eigenvalue weighted by Gasteiger charge is -2.30. The second-order valence-corrected chi connectivity index (χ2v) is 8.36. The Morgan fingerprint density at radius 3 is 2.52 bits per heavy atom. The molecule has 29 heavy (non-hydrogen) atoms. The number of carbonyl (C=O) groups excluding carboxylic acids is 1. The van der Waals surface area contributed by atoms with Gasteiger partial charge >= 0.3 is 0 Å². The molecule has 6 nitrogen and oxygen atoms in total. The van der Waals surface area contributed by atoms with E-state index < -0.39 is 0 Å². The maximum absolute atomic E-state index is 13.3. The molecule has 0 radical (unpaired) electrons. The van der Waals surface area contributed by atoms with Crippen molar-refractivity contribution in [1.29, 1.82) is 0 Å². The van der Waals surface area contributed by atoms with Crippen LogP contribution in [0.1, 0.15) is 29.8 Å². The van der Waals surface area contributed by atoms with E-state index in [1.807, 2.05) is 6.07 Å². The normalized spacial score (nSPS) is 14.9. The quantitative estimate of drug-likeness (QED) is 0.694. The number of halogens is 1. The van der Waals surface area contributed by atoms with Gasteiger partial charge in [-0.1, -0.05) is 23.5 Å². The van der Waals surface area contributed by atoms with Gasteiger partial charge in [-0.25, -0.2) is 4.39 Å². The minimum Gasteiger partial charge on any atom is -0.352 e. The highest BCUT2D eigenvalue weighted by molar-refractivity contribution is 7.17. The van der Waals surface area contributed by atoms with Gasteiger partial charge in [-0.2, -0.15) is 0 Å². The van der Waals surface area contributed by atoms with Crippen LogP contribution in [0.2, 0.25) is 0 Å². The van der Waals surface area contributed by atoms with Gasteiger partial charge < -0.3 is 10.2 Å². The van der Waals surface area contributed by atoms with E-state index in [9.17, 15) is 9.18 Å². The first-order valence-corrected chi connectivity index (χ1v) is 10.6. The Morgan fingerprint density at radius 1 is 1.14 bits per heavy atom. The molecule has 1 amide bonds. The molecule has 2 aromatic heterocycles. The van der Waals surface area contributed by atoms with Crippen molar-refractivity contribution in [2.24, 2.45) is 5.92 Å². The molecule has 0 saturated carbocycles. The molecule has 1 aromatic carbocycles. The Bertz CT molecular complexity index is 987. The fourth-order valence-electron chi connectivity index (χ4n) is 3.71. The number of hydrogen-bond donors (Lipinski definition) is 1. The molecule has 1 fully saturated rings. The summed E-state index contributed by atoms with van der Waals surface area (Å²) in [6, 6.07) is 10.5. The smallest absolute Gasteiger partial charge is 0.223 e. The summed E-state index contributed by atoms with van der Waals surface area (Å²) in [7, 11) is 0. The minimum atomic E-state index is -0.285. The molecule has 0 unspecified atom stereocenters. The Hall–Kier alpha value is -2.74. The van der Waals surface area contributed by atoms with Crippen LogP contribution in [0.3, 0.4) is 0 Å². The van der Waals surface area contributed by atoms with Gasteiger partial charge in [0.05, 0.1) is 0 Å². The van der Waals surface area contributed by atoms with Crippen LogP contribution in [0.4, 0.5) is 9.52 Å². The lowest BCUT2D eigenvalue weighted by molar-refractivity contribution is -0.125. The third kappa shape index (κ3) is 4.32. The van der Waals surface area contributed by atoms with Crippen LogP contribution in [-0.2, 0) is 11.3 Å². The molecule has 0 atom stereocenters. The number of rotatable bonds is 5. The molecule has 4 rings (SSSR count). The van der Waals surface area contributed by atoms with Crippen LogP contribution in [-0.4, -0.2) is 33.8 Å². The van der Waals surface area contributed by atoms with E-state index in [0.717, 1.165) is 53.1 Å². The van der Waals surface area contributed by atoms with Gasteiger partial charge in [-0.15, -0.1) is 10.2 Å². The van der Waals surface area contributed by atoms with Gasteiger partial charge in [0.2, 0.25) is 16.2 Å². The topological polar surface area (TPSA) is 63.1 Å². The molecule has 0 spiro atoms. The molecule has 1 aliphatic heterocycles. The zero-order valence-corrected chi connectivity index (χ0v) is 17.4. The highest BCUT2D eigenvalue weighted by atomic mass is 32.1.